The number of rotatable bonds is 9. The van der Waals surface area contributed by atoms with Crippen LogP contribution in [0.15, 0.2) is 18.2 Å². The van der Waals surface area contributed by atoms with Gasteiger partial charge in [0, 0.05) is 19.3 Å². The molecule has 1 atom stereocenters. The van der Waals surface area contributed by atoms with Crippen LogP contribution in [0.5, 0.6) is 0 Å². The van der Waals surface area contributed by atoms with Crippen LogP contribution in [0.1, 0.15) is 30.9 Å². The molecule has 0 radical (unpaired) electrons. The number of carbonyl (C=O) groups is 1. The standard InChI is InChI=1S/C18H21F6N3O2/c1-3-4-15(16(28)26-7-8-29-2)27(11-17(19,20)21)13-6-5-12(10-25)14(9-13)18(22,23)24/h5-6,9,15H,3-4,7-8,11H2,1-2H3,(H,26,28). The van der Waals surface area contributed by atoms with Crippen molar-refractivity contribution in [3.8, 4) is 6.07 Å². The molecule has 5 nitrogen and oxygen atoms in total. The zero-order chi connectivity index (χ0) is 22.2. The first-order valence-electron chi connectivity index (χ1n) is 8.66. The van der Waals surface area contributed by atoms with Crippen LogP contribution in [0.4, 0.5) is 32.0 Å². The van der Waals surface area contributed by atoms with Crippen LogP contribution in [0.2, 0.25) is 0 Å². The number of nitriles is 1. The quantitative estimate of drug-likeness (QED) is 0.482. The van der Waals surface area contributed by atoms with Gasteiger partial charge in [-0.3, -0.25) is 4.79 Å². The Labute approximate surface area is 164 Å². The zero-order valence-corrected chi connectivity index (χ0v) is 15.8. The number of hydrogen-bond donors (Lipinski definition) is 1. The van der Waals surface area contributed by atoms with Gasteiger partial charge in [0.2, 0.25) is 5.91 Å². The Kier molecular flexibility index (Phi) is 8.76. The molecule has 0 saturated heterocycles. The molecule has 1 aromatic carbocycles. The predicted octanol–water partition coefficient (Wildman–Crippen LogP) is 3.88. The van der Waals surface area contributed by atoms with E-state index < -0.39 is 47.7 Å². The Bertz CT molecular complexity index is 728. The van der Waals surface area contributed by atoms with Gasteiger partial charge in [-0.1, -0.05) is 13.3 Å². The SMILES string of the molecule is CCCC(C(=O)NCCOC)N(CC(F)(F)F)c1ccc(C#N)c(C(F)(F)F)c1. The summed E-state index contributed by atoms with van der Waals surface area (Å²) in [5, 5.41) is 11.3. The Morgan fingerprint density at radius 3 is 2.41 bits per heavy atom. The van der Waals surface area contributed by atoms with Crippen molar-refractivity contribution < 1.29 is 35.9 Å². The smallest absolute Gasteiger partial charge is 0.383 e. The molecular formula is C18H21F6N3O2. The minimum absolute atomic E-state index is 0.0176. The molecule has 0 aliphatic heterocycles. The van der Waals surface area contributed by atoms with E-state index in [1.165, 1.54) is 13.2 Å². The molecule has 0 saturated carbocycles. The van der Waals surface area contributed by atoms with Crippen LogP contribution in [-0.4, -0.2) is 44.9 Å². The third-order valence-corrected chi connectivity index (χ3v) is 3.96. The molecule has 0 aromatic heterocycles. The van der Waals surface area contributed by atoms with E-state index in [4.69, 9.17) is 10.00 Å². The largest absolute Gasteiger partial charge is 0.417 e. The van der Waals surface area contributed by atoms with Gasteiger partial charge in [0.15, 0.2) is 0 Å². The second kappa shape index (κ2) is 10.3. The van der Waals surface area contributed by atoms with Crippen LogP contribution in [0.3, 0.4) is 0 Å². The molecule has 0 aliphatic rings. The van der Waals surface area contributed by atoms with Gasteiger partial charge in [-0.15, -0.1) is 0 Å². The Hall–Kier alpha value is -2.48. The molecule has 1 unspecified atom stereocenters. The molecule has 0 heterocycles. The number of amides is 1. The van der Waals surface area contributed by atoms with E-state index in [0.717, 1.165) is 12.1 Å². The summed E-state index contributed by atoms with van der Waals surface area (Å²) in [5.41, 5.74) is -2.53. The molecule has 29 heavy (non-hydrogen) atoms. The van der Waals surface area contributed by atoms with Crippen molar-refractivity contribution in [1.29, 1.82) is 5.26 Å². The molecule has 0 spiro atoms. The first kappa shape index (κ1) is 24.6. The highest BCUT2D eigenvalue weighted by atomic mass is 19.4. The lowest BCUT2D eigenvalue weighted by Crippen LogP contribution is -2.51. The van der Waals surface area contributed by atoms with Gasteiger partial charge in [0.25, 0.3) is 0 Å². The number of benzene rings is 1. The number of anilines is 1. The number of nitrogens with one attached hydrogen (secondary N) is 1. The maximum Gasteiger partial charge on any atom is 0.417 e. The van der Waals surface area contributed by atoms with Gasteiger partial charge in [-0.2, -0.15) is 31.6 Å². The van der Waals surface area contributed by atoms with Crippen LogP contribution in [0.25, 0.3) is 0 Å². The lowest BCUT2D eigenvalue weighted by atomic mass is 10.0. The summed E-state index contributed by atoms with van der Waals surface area (Å²) in [7, 11) is 1.38. The van der Waals surface area contributed by atoms with Gasteiger partial charge in [-0.05, 0) is 24.6 Å². The summed E-state index contributed by atoms with van der Waals surface area (Å²) in [6.07, 6.45) is -9.41. The van der Waals surface area contributed by atoms with Crippen LogP contribution in [0, 0.1) is 11.3 Å². The minimum Gasteiger partial charge on any atom is -0.383 e. The molecule has 1 amide bonds. The molecule has 0 bridgehead atoms. The minimum atomic E-state index is -4.94. The van der Waals surface area contributed by atoms with Crippen molar-refractivity contribution in [2.45, 2.75) is 38.2 Å². The number of nitrogens with zero attached hydrogens (tertiary/aromatic N) is 2. The molecular weight excluding hydrogens is 404 g/mol. The maximum absolute atomic E-state index is 13.2. The predicted molar refractivity (Wildman–Crippen MR) is 93.1 cm³/mol. The van der Waals surface area contributed by atoms with Crippen molar-refractivity contribution in [3.05, 3.63) is 29.3 Å². The maximum atomic E-state index is 13.2. The van der Waals surface area contributed by atoms with Gasteiger partial charge in [-0.25, -0.2) is 0 Å². The van der Waals surface area contributed by atoms with E-state index in [0.29, 0.717) is 17.4 Å². The molecule has 11 heteroatoms. The average Bonchev–Trinajstić information content (AvgIpc) is 2.62. The third kappa shape index (κ3) is 7.45. The highest BCUT2D eigenvalue weighted by Gasteiger charge is 2.39. The Balaban J connectivity index is 3.42. The van der Waals surface area contributed by atoms with Gasteiger partial charge >= 0.3 is 12.4 Å². The van der Waals surface area contributed by atoms with Crippen LogP contribution in [-0.2, 0) is 15.7 Å². The van der Waals surface area contributed by atoms with Crippen molar-refractivity contribution >= 4 is 11.6 Å². The highest BCUT2D eigenvalue weighted by Crippen LogP contribution is 2.36. The van der Waals surface area contributed by atoms with Gasteiger partial charge < -0.3 is 15.0 Å². The monoisotopic (exact) mass is 425 g/mol. The number of halogens is 6. The fourth-order valence-corrected chi connectivity index (χ4v) is 2.71. The number of alkyl halides is 6. The van der Waals surface area contributed by atoms with E-state index in [2.05, 4.69) is 5.32 Å². The first-order chi connectivity index (χ1) is 13.4. The first-order valence-corrected chi connectivity index (χ1v) is 8.66. The average molecular weight is 425 g/mol. The van der Waals surface area contributed by atoms with Crippen molar-refractivity contribution in [2.75, 3.05) is 31.7 Å². The van der Waals surface area contributed by atoms with E-state index in [9.17, 15) is 31.1 Å². The molecule has 0 fully saturated rings. The second-order valence-electron chi connectivity index (χ2n) is 6.17. The zero-order valence-electron chi connectivity index (χ0n) is 15.8. The molecule has 0 aliphatic carbocycles. The van der Waals surface area contributed by atoms with E-state index >= 15 is 0 Å². The summed E-state index contributed by atoms with van der Waals surface area (Å²) in [6, 6.07) is 2.26. The third-order valence-electron chi connectivity index (χ3n) is 3.96. The van der Waals surface area contributed by atoms with Gasteiger partial charge in [0.05, 0.1) is 23.8 Å². The summed E-state index contributed by atoms with van der Waals surface area (Å²) >= 11 is 0. The Morgan fingerprint density at radius 1 is 1.28 bits per heavy atom. The molecule has 1 aromatic rings. The summed E-state index contributed by atoms with van der Waals surface area (Å²) < 4.78 is 84.0. The second-order valence-corrected chi connectivity index (χ2v) is 6.17. The fourth-order valence-electron chi connectivity index (χ4n) is 2.71. The summed E-state index contributed by atoms with van der Waals surface area (Å²) in [6.45, 7) is 0.176. The Morgan fingerprint density at radius 2 is 1.93 bits per heavy atom. The lowest BCUT2D eigenvalue weighted by molar-refractivity contribution is -0.137. The summed E-state index contributed by atoms with van der Waals surface area (Å²) in [5.74, 6) is -0.758. The van der Waals surface area contributed by atoms with Crippen LogP contribution < -0.4 is 10.2 Å². The number of methoxy groups -OCH3 is 1. The number of hydrogen-bond acceptors (Lipinski definition) is 4. The lowest BCUT2D eigenvalue weighted by Gasteiger charge is -2.34. The topological polar surface area (TPSA) is 65.4 Å². The number of ether oxygens (including phenoxy) is 1. The van der Waals surface area contributed by atoms with Gasteiger partial charge in [0.1, 0.15) is 12.6 Å². The van der Waals surface area contributed by atoms with Crippen molar-refractivity contribution in [3.63, 3.8) is 0 Å². The normalized spacial score (nSPS) is 12.9. The molecule has 1 N–H and O–H groups in total. The van der Waals surface area contributed by atoms with Crippen LogP contribution >= 0.6 is 0 Å². The fraction of sp³-hybridized carbons (Fsp3) is 0.556. The summed E-state index contributed by atoms with van der Waals surface area (Å²) in [4.78, 5) is 13.0. The molecule has 1 rings (SSSR count). The highest BCUT2D eigenvalue weighted by molar-refractivity contribution is 5.85. The van der Waals surface area contributed by atoms with E-state index in [1.54, 1.807) is 6.92 Å². The number of carbonyl (C=O) groups excluding carboxylic acids is 1. The van der Waals surface area contributed by atoms with E-state index in [1.807, 2.05) is 0 Å². The van der Waals surface area contributed by atoms with Crippen molar-refractivity contribution in [2.24, 2.45) is 0 Å². The van der Waals surface area contributed by atoms with Crippen molar-refractivity contribution in [1.82, 2.24) is 5.32 Å². The molecule has 162 valence electrons. The van der Waals surface area contributed by atoms with E-state index in [-0.39, 0.29) is 19.6 Å².